The molecule has 1 spiro atoms. The summed E-state index contributed by atoms with van der Waals surface area (Å²) in [6, 6.07) is 11.7. The Hall–Kier alpha value is -3.55. The van der Waals surface area contributed by atoms with E-state index in [4.69, 9.17) is 10.5 Å². The Kier molecular flexibility index (Phi) is 4.77. The highest BCUT2D eigenvalue weighted by Crippen LogP contribution is 2.57. The lowest BCUT2D eigenvalue weighted by Crippen LogP contribution is -2.56. The van der Waals surface area contributed by atoms with Gasteiger partial charge in [-0.15, -0.1) is 0 Å². The molecule has 0 bridgehead atoms. The van der Waals surface area contributed by atoms with Gasteiger partial charge in [-0.3, -0.25) is 4.79 Å². The molecule has 2 aromatic heterocycles. The number of amides is 1. The van der Waals surface area contributed by atoms with Gasteiger partial charge >= 0.3 is 0 Å². The van der Waals surface area contributed by atoms with Gasteiger partial charge in [0.2, 0.25) is 11.8 Å². The number of rotatable bonds is 6. The maximum atomic E-state index is 13.1. The minimum Gasteiger partial charge on any atom is -0.474 e. The van der Waals surface area contributed by atoms with Gasteiger partial charge < -0.3 is 15.8 Å². The molecule has 0 aliphatic heterocycles. The normalized spacial score (nSPS) is 24.2. The summed E-state index contributed by atoms with van der Waals surface area (Å²) in [6.45, 7) is 0. The topological polar surface area (TPSA) is 103 Å². The summed E-state index contributed by atoms with van der Waals surface area (Å²) in [5.41, 5.74) is 7.57. The van der Waals surface area contributed by atoms with Crippen LogP contribution in [0.15, 0.2) is 54.9 Å². The van der Waals surface area contributed by atoms with Crippen LogP contribution in [0.4, 0.5) is 10.3 Å². The van der Waals surface area contributed by atoms with E-state index >= 15 is 0 Å². The number of aromatic nitrogens is 3. The summed E-state index contributed by atoms with van der Waals surface area (Å²) in [7, 11) is 0. The van der Waals surface area contributed by atoms with Crippen molar-refractivity contribution in [2.45, 2.75) is 37.8 Å². The number of anilines is 1. The van der Waals surface area contributed by atoms with Crippen molar-refractivity contribution in [3.8, 4) is 17.1 Å². The Labute approximate surface area is 178 Å². The molecule has 1 aromatic carbocycles. The smallest absolute Gasteiger partial charge is 0.254 e. The van der Waals surface area contributed by atoms with Crippen LogP contribution in [0.25, 0.3) is 11.3 Å². The highest BCUT2D eigenvalue weighted by molar-refractivity contribution is 5.94. The van der Waals surface area contributed by atoms with Crippen molar-refractivity contribution >= 4 is 11.9 Å². The molecule has 31 heavy (non-hydrogen) atoms. The largest absolute Gasteiger partial charge is 0.474 e. The highest BCUT2D eigenvalue weighted by atomic mass is 19.1. The van der Waals surface area contributed by atoms with E-state index in [2.05, 4.69) is 20.3 Å². The minimum atomic E-state index is -0.534. The number of ether oxygens (including phenoxy) is 1. The van der Waals surface area contributed by atoms with E-state index in [0.717, 1.165) is 36.9 Å². The van der Waals surface area contributed by atoms with Crippen LogP contribution in [0.1, 0.15) is 36.0 Å². The maximum Gasteiger partial charge on any atom is 0.254 e. The number of pyridine rings is 1. The van der Waals surface area contributed by atoms with Gasteiger partial charge in [0.15, 0.2) is 0 Å². The van der Waals surface area contributed by atoms with Gasteiger partial charge in [0.25, 0.3) is 5.91 Å². The van der Waals surface area contributed by atoms with Crippen LogP contribution in [0.3, 0.4) is 0 Å². The van der Waals surface area contributed by atoms with Crippen LogP contribution in [0.5, 0.6) is 5.88 Å². The number of nitrogens with zero attached hydrogens (tertiary/aromatic N) is 3. The third kappa shape index (κ3) is 3.93. The minimum absolute atomic E-state index is 0.0482. The van der Waals surface area contributed by atoms with E-state index in [-0.39, 0.29) is 17.3 Å². The molecule has 0 unspecified atom stereocenters. The van der Waals surface area contributed by atoms with Crippen molar-refractivity contribution in [3.05, 3.63) is 66.2 Å². The van der Waals surface area contributed by atoms with Crippen LogP contribution >= 0.6 is 0 Å². The fourth-order valence-electron chi connectivity index (χ4n) is 4.63. The van der Waals surface area contributed by atoms with E-state index in [1.54, 1.807) is 36.7 Å². The predicted octanol–water partition coefficient (Wildman–Crippen LogP) is 3.58. The van der Waals surface area contributed by atoms with Gasteiger partial charge in [-0.1, -0.05) is 0 Å². The number of nitrogens with one attached hydrogen (secondary N) is 1. The SMILES string of the molecule is NC(=O)c1cccnc1OC1CC2(CC(Nc3nccc(-c4ccc(F)cc4)n3)C2)C1. The molecular formula is C23H22FN5O2. The molecule has 2 heterocycles. The number of benzene rings is 1. The number of hydrogen-bond acceptors (Lipinski definition) is 6. The van der Waals surface area contributed by atoms with Gasteiger partial charge in [0.1, 0.15) is 17.5 Å². The quantitative estimate of drug-likeness (QED) is 0.633. The van der Waals surface area contributed by atoms with Gasteiger partial charge in [-0.05, 0) is 73.6 Å². The molecule has 158 valence electrons. The molecular weight excluding hydrogens is 397 g/mol. The number of primary amides is 1. The van der Waals surface area contributed by atoms with Gasteiger partial charge in [0.05, 0.1) is 5.69 Å². The second kappa shape index (κ2) is 7.61. The Morgan fingerprint density at radius 2 is 1.84 bits per heavy atom. The molecule has 0 radical (unpaired) electrons. The Bertz CT molecular complexity index is 1110. The van der Waals surface area contributed by atoms with Crippen LogP contribution in [-0.2, 0) is 0 Å². The lowest BCUT2D eigenvalue weighted by atomic mass is 9.53. The lowest BCUT2D eigenvalue weighted by molar-refractivity contribution is -0.0760. The molecule has 8 heteroatoms. The summed E-state index contributed by atoms with van der Waals surface area (Å²) in [5.74, 6) is 0.0868. The van der Waals surface area contributed by atoms with E-state index in [1.807, 2.05) is 6.07 Å². The number of carbonyl (C=O) groups excluding carboxylic acids is 1. The fraction of sp³-hybridized carbons (Fsp3) is 0.304. The van der Waals surface area contributed by atoms with Crippen LogP contribution in [-0.4, -0.2) is 33.0 Å². The second-order valence-corrected chi connectivity index (χ2v) is 8.39. The van der Waals surface area contributed by atoms with Crippen LogP contribution in [0.2, 0.25) is 0 Å². The first-order chi connectivity index (χ1) is 15.0. The first-order valence-electron chi connectivity index (χ1n) is 10.3. The number of halogens is 1. The summed E-state index contributed by atoms with van der Waals surface area (Å²) >= 11 is 0. The Balaban J connectivity index is 1.15. The zero-order valence-corrected chi connectivity index (χ0v) is 16.8. The molecule has 1 amide bonds. The summed E-state index contributed by atoms with van der Waals surface area (Å²) in [6.07, 6.45) is 7.24. The monoisotopic (exact) mass is 419 g/mol. The number of carbonyl (C=O) groups is 1. The van der Waals surface area contributed by atoms with Crippen LogP contribution in [0, 0.1) is 11.2 Å². The van der Waals surface area contributed by atoms with Gasteiger partial charge in [-0.25, -0.2) is 19.3 Å². The van der Waals surface area contributed by atoms with Crippen molar-refractivity contribution in [1.29, 1.82) is 0 Å². The number of nitrogens with two attached hydrogens (primary N) is 1. The van der Waals surface area contributed by atoms with Crippen LogP contribution < -0.4 is 15.8 Å². The molecule has 0 saturated heterocycles. The maximum absolute atomic E-state index is 13.1. The first kappa shape index (κ1) is 19.4. The summed E-state index contributed by atoms with van der Waals surface area (Å²) in [4.78, 5) is 24.5. The molecule has 0 atom stereocenters. The number of hydrogen-bond donors (Lipinski definition) is 2. The highest BCUT2D eigenvalue weighted by Gasteiger charge is 2.54. The molecule has 2 fully saturated rings. The molecule has 2 saturated carbocycles. The molecule has 7 nitrogen and oxygen atoms in total. The predicted molar refractivity (Wildman–Crippen MR) is 113 cm³/mol. The van der Waals surface area contributed by atoms with Crippen molar-refractivity contribution < 1.29 is 13.9 Å². The Morgan fingerprint density at radius 1 is 1.06 bits per heavy atom. The second-order valence-electron chi connectivity index (χ2n) is 8.39. The van der Waals surface area contributed by atoms with E-state index in [0.29, 0.717) is 23.4 Å². The lowest BCUT2D eigenvalue weighted by Gasteiger charge is -2.57. The zero-order valence-electron chi connectivity index (χ0n) is 16.8. The van der Waals surface area contributed by atoms with E-state index in [1.165, 1.54) is 12.1 Å². The van der Waals surface area contributed by atoms with Gasteiger partial charge in [-0.2, -0.15) is 0 Å². The van der Waals surface area contributed by atoms with Crippen molar-refractivity contribution in [2.75, 3.05) is 5.32 Å². The summed E-state index contributed by atoms with van der Waals surface area (Å²) in [5, 5.41) is 3.40. The van der Waals surface area contributed by atoms with Crippen molar-refractivity contribution in [2.24, 2.45) is 11.1 Å². The first-order valence-corrected chi connectivity index (χ1v) is 10.3. The molecule has 2 aliphatic rings. The zero-order chi connectivity index (χ0) is 21.4. The van der Waals surface area contributed by atoms with Crippen molar-refractivity contribution in [3.63, 3.8) is 0 Å². The third-order valence-corrected chi connectivity index (χ3v) is 6.12. The standard InChI is InChI=1S/C23H22FN5O2/c24-15-5-3-14(4-6-15)19-7-9-27-22(29-19)28-16-10-23(11-16)12-17(13-23)31-21-18(20(25)30)2-1-8-26-21/h1-9,16-17H,10-13H2,(H2,25,30)(H,27,28,29). The average Bonchev–Trinajstić information content (AvgIpc) is 2.71. The molecule has 5 rings (SSSR count). The van der Waals surface area contributed by atoms with Gasteiger partial charge in [0, 0.05) is 24.0 Å². The molecule has 3 N–H and O–H groups in total. The molecule has 3 aromatic rings. The van der Waals surface area contributed by atoms with E-state index < -0.39 is 5.91 Å². The molecule has 2 aliphatic carbocycles. The summed E-state index contributed by atoms with van der Waals surface area (Å²) < 4.78 is 19.1. The fourth-order valence-corrected chi connectivity index (χ4v) is 4.63. The van der Waals surface area contributed by atoms with E-state index in [9.17, 15) is 9.18 Å². The van der Waals surface area contributed by atoms with Crippen molar-refractivity contribution in [1.82, 2.24) is 15.0 Å². The Morgan fingerprint density at radius 3 is 2.58 bits per heavy atom. The third-order valence-electron chi connectivity index (χ3n) is 6.12. The average molecular weight is 419 g/mol.